The van der Waals surface area contributed by atoms with E-state index in [1.54, 1.807) is 0 Å². The second kappa shape index (κ2) is 5.24. The fraction of sp³-hybridized carbons (Fsp3) is 0.615. The van der Waals surface area contributed by atoms with Crippen LogP contribution in [0.2, 0.25) is 0 Å². The van der Waals surface area contributed by atoms with Crippen LogP contribution in [0.15, 0.2) is 6.20 Å². The summed E-state index contributed by atoms with van der Waals surface area (Å²) in [6.45, 7) is 5.42. The van der Waals surface area contributed by atoms with Crippen LogP contribution in [-0.2, 0) is 0 Å². The quantitative estimate of drug-likeness (QED) is 0.849. The second-order valence-corrected chi connectivity index (χ2v) is 5.41. The summed E-state index contributed by atoms with van der Waals surface area (Å²) in [7, 11) is 4.01. The van der Waals surface area contributed by atoms with Gasteiger partial charge in [0.15, 0.2) is 5.65 Å². The number of rotatable bonds is 2. The highest BCUT2D eigenvalue weighted by Gasteiger charge is 2.23. The number of fused-ring (bicyclic) bond motifs is 1. The number of aromatic amines is 1. The topological polar surface area (TPSA) is 73.0 Å². The van der Waals surface area contributed by atoms with E-state index in [1.165, 1.54) is 0 Å². The molecule has 1 fully saturated rings. The largest absolute Gasteiger partial charge is 0.357 e. The van der Waals surface area contributed by atoms with Crippen LogP contribution in [-0.4, -0.2) is 64.8 Å². The summed E-state index contributed by atoms with van der Waals surface area (Å²) in [6.07, 6.45) is 2.95. The van der Waals surface area contributed by atoms with Crippen LogP contribution in [0.25, 0.3) is 11.0 Å². The van der Waals surface area contributed by atoms with E-state index in [1.807, 2.05) is 13.2 Å². The van der Waals surface area contributed by atoms with Crippen molar-refractivity contribution in [2.24, 2.45) is 0 Å². The van der Waals surface area contributed by atoms with Crippen molar-refractivity contribution in [2.45, 2.75) is 19.4 Å². The van der Waals surface area contributed by atoms with Gasteiger partial charge in [-0.05, 0) is 26.9 Å². The number of hydrogen-bond acceptors (Lipinski definition) is 6. The minimum absolute atomic E-state index is 0.417. The van der Waals surface area contributed by atoms with Crippen molar-refractivity contribution < 1.29 is 0 Å². The van der Waals surface area contributed by atoms with E-state index < -0.39 is 0 Å². The molecule has 2 aromatic heterocycles. The Morgan fingerprint density at radius 2 is 2.20 bits per heavy atom. The molecule has 0 spiro atoms. The lowest BCUT2D eigenvalue weighted by Gasteiger charge is -2.29. The van der Waals surface area contributed by atoms with Gasteiger partial charge < -0.3 is 15.1 Å². The molecule has 1 saturated heterocycles. The van der Waals surface area contributed by atoms with Crippen molar-refractivity contribution in [3.63, 3.8) is 0 Å². The van der Waals surface area contributed by atoms with Gasteiger partial charge in [-0.25, -0.2) is 0 Å². The summed E-state index contributed by atoms with van der Waals surface area (Å²) in [4.78, 5) is 13.8. The molecule has 1 unspecified atom stereocenters. The first-order chi connectivity index (χ1) is 9.69. The molecular weight excluding hydrogens is 254 g/mol. The van der Waals surface area contributed by atoms with Gasteiger partial charge in [0, 0.05) is 26.2 Å². The lowest BCUT2D eigenvalue weighted by atomic mass is 10.2. The minimum Gasteiger partial charge on any atom is -0.357 e. The highest BCUT2D eigenvalue weighted by Crippen LogP contribution is 2.26. The van der Waals surface area contributed by atoms with E-state index >= 15 is 0 Å². The fourth-order valence-corrected chi connectivity index (χ4v) is 2.84. The third kappa shape index (κ3) is 2.29. The summed E-state index contributed by atoms with van der Waals surface area (Å²) >= 11 is 0. The maximum atomic E-state index is 4.66. The Hall–Kier alpha value is -1.89. The van der Waals surface area contributed by atoms with Crippen molar-refractivity contribution in [1.82, 2.24) is 25.1 Å². The highest BCUT2D eigenvalue weighted by atomic mass is 15.3. The number of nitrogens with zero attached hydrogens (tertiary/aromatic N) is 5. The number of nitrogens with one attached hydrogen (secondary N) is 2. The van der Waals surface area contributed by atoms with Crippen LogP contribution in [0.4, 0.5) is 11.8 Å². The van der Waals surface area contributed by atoms with Crippen molar-refractivity contribution in [1.29, 1.82) is 0 Å². The SMILES string of the molecule is CNc1nc(N2CCCN(C)CC2C)c2cn[nH]c2n1. The van der Waals surface area contributed by atoms with Crippen molar-refractivity contribution in [2.75, 3.05) is 43.9 Å². The molecule has 0 saturated carbocycles. The van der Waals surface area contributed by atoms with E-state index in [4.69, 9.17) is 0 Å². The van der Waals surface area contributed by atoms with E-state index in [0.717, 1.165) is 42.9 Å². The molecule has 0 amide bonds. The summed E-state index contributed by atoms with van der Waals surface area (Å²) in [5.41, 5.74) is 0.782. The van der Waals surface area contributed by atoms with Crippen molar-refractivity contribution >= 4 is 22.8 Å². The highest BCUT2D eigenvalue weighted by molar-refractivity contribution is 5.87. The van der Waals surface area contributed by atoms with Crippen molar-refractivity contribution in [3.05, 3.63) is 6.20 Å². The summed E-state index contributed by atoms with van der Waals surface area (Å²) in [5.74, 6) is 1.59. The van der Waals surface area contributed by atoms with E-state index in [2.05, 4.69) is 49.3 Å². The normalized spacial score (nSPS) is 21.1. The molecule has 1 aliphatic rings. The number of hydrogen-bond donors (Lipinski definition) is 2. The zero-order chi connectivity index (χ0) is 14.1. The van der Waals surface area contributed by atoms with Gasteiger partial charge in [0.05, 0.1) is 11.6 Å². The molecule has 0 aliphatic carbocycles. The molecule has 108 valence electrons. The van der Waals surface area contributed by atoms with Gasteiger partial charge in [-0.15, -0.1) is 0 Å². The number of anilines is 2. The van der Waals surface area contributed by atoms with Crippen LogP contribution in [0.3, 0.4) is 0 Å². The van der Waals surface area contributed by atoms with E-state index in [9.17, 15) is 0 Å². The molecule has 7 heteroatoms. The predicted molar refractivity (Wildman–Crippen MR) is 80.2 cm³/mol. The Kier molecular flexibility index (Phi) is 3.43. The Morgan fingerprint density at radius 1 is 1.35 bits per heavy atom. The molecule has 20 heavy (non-hydrogen) atoms. The van der Waals surface area contributed by atoms with Crippen LogP contribution < -0.4 is 10.2 Å². The third-order valence-corrected chi connectivity index (χ3v) is 3.83. The molecule has 0 radical (unpaired) electrons. The van der Waals surface area contributed by atoms with Gasteiger partial charge in [0.2, 0.25) is 5.95 Å². The monoisotopic (exact) mass is 275 g/mol. The molecule has 0 aromatic carbocycles. The van der Waals surface area contributed by atoms with E-state index in [0.29, 0.717) is 12.0 Å². The molecule has 3 heterocycles. The molecule has 1 atom stereocenters. The van der Waals surface area contributed by atoms with Gasteiger partial charge in [-0.1, -0.05) is 0 Å². The van der Waals surface area contributed by atoms with Gasteiger partial charge in [0.25, 0.3) is 0 Å². The lowest BCUT2D eigenvalue weighted by Crippen LogP contribution is -2.38. The predicted octanol–water partition coefficient (Wildman–Crippen LogP) is 0.925. The molecular formula is C13H21N7. The maximum absolute atomic E-state index is 4.66. The molecule has 2 N–H and O–H groups in total. The molecule has 3 rings (SSSR count). The van der Waals surface area contributed by atoms with Gasteiger partial charge in [0.1, 0.15) is 5.82 Å². The Bertz CT molecular complexity index is 593. The number of aromatic nitrogens is 4. The first-order valence-corrected chi connectivity index (χ1v) is 7.03. The lowest BCUT2D eigenvalue weighted by molar-refractivity contribution is 0.337. The van der Waals surface area contributed by atoms with Crippen LogP contribution >= 0.6 is 0 Å². The van der Waals surface area contributed by atoms with Gasteiger partial charge in [-0.2, -0.15) is 15.1 Å². The van der Waals surface area contributed by atoms with Gasteiger partial charge >= 0.3 is 0 Å². The van der Waals surface area contributed by atoms with E-state index in [-0.39, 0.29) is 0 Å². The second-order valence-electron chi connectivity index (χ2n) is 5.41. The number of likely N-dealkylation sites (N-methyl/N-ethyl adjacent to an activating group) is 1. The Labute approximate surface area is 118 Å². The molecule has 1 aliphatic heterocycles. The van der Waals surface area contributed by atoms with Crippen LogP contribution in [0.1, 0.15) is 13.3 Å². The summed E-state index contributed by atoms with van der Waals surface area (Å²) < 4.78 is 0. The van der Waals surface area contributed by atoms with Gasteiger partial charge in [-0.3, -0.25) is 5.10 Å². The van der Waals surface area contributed by atoms with Crippen LogP contribution in [0, 0.1) is 0 Å². The zero-order valence-corrected chi connectivity index (χ0v) is 12.2. The average Bonchev–Trinajstić information content (AvgIpc) is 2.84. The average molecular weight is 275 g/mol. The molecule has 0 bridgehead atoms. The maximum Gasteiger partial charge on any atom is 0.226 e. The minimum atomic E-state index is 0.417. The first-order valence-electron chi connectivity index (χ1n) is 7.03. The standard InChI is InChI=1S/C13H21N7/c1-9-8-19(3)5-4-6-20(9)12-10-7-15-18-11(10)16-13(14-2)17-12/h7,9H,4-6,8H2,1-3H3,(H2,14,15,16,17,18). The summed E-state index contributed by atoms with van der Waals surface area (Å²) in [5, 5.41) is 11.0. The fourth-order valence-electron chi connectivity index (χ4n) is 2.84. The molecule has 7 nitrogen and oxygen atoms in total. The Morgan fingerprint density at radius 3 is 3.00 bits per heavy atom. The van der Waals surface area contributed by atoms with Crippen LogP contribution in [0.5, 0.6) is 0 Å². The Balaban J connectivity index is 2.05. The zero-order valence-electron chi connectivity index (χ0n) is 12.2. The molecule has 2 aromatic rings. The summed E-state index contributed by atoms with van der Waals surface area (Å²) in [6, 6.07) is 0.417. The first kappa shape index (κ1) is 13.1. The third-order valence-electron chi connectivity index (χ3n) is 3.83. The number of H-pyrrole nitrogens is 1. The smallest absolute Gasteiger partial charge is 0.226 e. The van der Waals surface area contributed by atoms with Crippen molar-refractivity contribution in [3.8, 4) is 0 Å².